The summed E-state index contributed by atoms with van der Waals surface area (Å²) < 4.78 is 5.42. The van der Waals surface area contributed by atoms with Crippen molar-refractivity contribution in [2.75, 3.05) is 6.61 Å². The first-order valence-electron chi connectivity index (χ1n) is 3.96. The molecule has 0 aromatic carbocycles. The topological polar surface area (TPSA) is 46.2 Å². The molecular formula is C7H13O3Si. The number of rotatable bonds is 2. The largest absolute Gasteiger partial charge is 0.379 e. The lowest BCUT2D eigenvalue weighted by Gasteiger charge is -2.32. The minimum Gasteiger partial charge on any atom is -0.379 e. The van der Waals surface area contributed by atoms with Gasteiger partial charge in [0.25, 0.3) is 0 Å². The van der Waals surface area contributed by atoms with E-state index in [1.165, 1.54) is 0 Å². The fourth-order valence-electron chi connectivity index (χ4n) is 1.44. The second-order valence-electron chi connectivity index (χ2n) is 3.30. The van der Waals surface area contributed by atoms with Gasteiger partial charge in [0.2, 0.25) is 0 Å². The highest BCUT2D eigenvalue weighted by Gasteiger charge is 2.30. The maximum Gasteiger partial charge on any atom is 0.358 e. The highest BCUT2D eigenvalue weighted by Crippen LogP contribution is 2.24. The third-order valence-electron chi connectivity index (χ3n) is 2.07. The SMILES string of the molecule is [O]C(=O)CC1([SiH3])CCCCO1. The quantitative estimate of drug-likeness (QED) is 0.533. The summed E-state index contributed by atoms with van der Waals surface area (Å²) in [5.41, 5.74) is 0. The van der Waals surface area contributed by atoms with Crippen molar-refractivity contribution in [3.8, 4) is 0 Å². The number of carbonyl (C=O) groups is 1. The average molecular weight is 173 g/mol. The van der Waals surface area contributed by atoms with Crippen LogP contribution in [0.1, 0.15) is 25.7 Å². The van der Waals surface area contributed by atoms with Crippen LogP contribution in [-0.4, -0.2) is 28.0 Å². The zero-order chi connectivity index (χ0) is 8.32. The maximum atomic E-state index is 10.3. The lowest BCUT2D eigenvalue weighted by molar-refractivity contribution is -0.149. The summed E-state index contributed by atoms with van der Waals surface area (Å²) >= 11 is 0. The lowest BCUT2D eigenvalue weighted by atomic mass is 10.1. The molecule has 0 N–H and O–H groups in total. The van der Waals surface area contributed by atoms with E-state index in [0.29, 0.717) is 0 Å². The maximum absolute atomic E-state index is 10.3. The van der Waals surface area contributed by atoms with E-state index in [1.807, 2.05) is 0 Å². The third-order valence-corrected chi connectivity index (χ3v) is 3.21. The molecule has 0 bridgehead atoms. The van der Waals surface area contributed by atoms with Crippen molar-refractivity contribution in [1.29, 1.82) is 0 Å². The normalized spacial score (nSPS) is 32.0. The number of ether oxygens (including phenoxy) is 1. The van der Waals surface area contributed by atoms with E-state index in [0.717, 1.165) is 36.1 Å². The van der Waals surface area contributed by atoms with Crippen LogP contribution in [0.2, 0.25) is 0 Å². The zero-order valence-electron chi connectivity index (χ0n) is 6.76. The van der Waals surface area contributed by atoms with Crippen LogP contribution in [0, 0.1) is 0 Å². The molecule has 4 heteroatoms. The molecule has 0 spiro atoms. The molecule has 63 valence electrons. The van der Waals surface area contributed by atoms with Gasteiger partial charge in [-0.15, -0.1) is 0 Å². The predicted octanol–water partition coefficient (Wildman–Crippen LogP) is -0.404. The summed E-state index contributed by atoms with van der Waals surface area (Å²) in [7, 11) is 0.785. The minimum atomic E-state index is -0.984. The minimum absolute atomic E-state index is 0.0826. The summed E-state index contributed by atoms with van der Waals surface area (Å²) in [5, 5.41) is 9.98. The Morgan fingerprint density at radius 3 is 2.73 bits per heavy atom. The van der Waals surface area contributed by atoms with Crippen LogP contribution in [0.3, 0.4) is 0 Å². The van der Waals surface area contributed by atoms with E-state index in [-0.39, 0.29) is 11.6 Å². The second-order valence-corrected chi connectivity index (χ2v) is 5.13. The van der Waals surface area contributed by atoms with Gasteiger partial charge in [0, 0.05) is 16.8 Å². The molecule has 0 aliphatic carbocycles. The number of hydrogen-bond donors (Lipinski definition) is 0. The van der Waals surface area contributed by atoms with Gasteiger partial charge in [-0.05, 0) is 19.3 Å². The molecule has 1 saturated heterocycles. The molecule has 1 aliphatic heterocycles. The summed E-state index contributed by atoms with van der Waals surface area (Å²) in [6, 6.07) is 0. The Hall–Kier alpha value is -0.353. The van der Waals surface area contributed by atoms with Crippen molar-refractivity contribution in [1.82, 2.24) is 0 Å². The molecule has 1 radical (unpaired) electrons. The van der Waals surface area contributed by atoms with E-state index in [1.54, 1.807) is 0 Å². The van der Waals surface area contributed by atoms with Crippen molar-refractivity contribution in [2.24, 2.45) is 0 Å². The van der Waals surface area contributed by atoms with E-state index in [4.69, 9.17) is 4.74 Å². The molecule has 3 nitrogen and oxygen atoms in total. The molecule has 0 saturated carbocycles. The molecular weight excluding hydrogens is 160 g/mol. The Bertz CT molecular complexity index is 152. The van der Waals surface area contributed by atoms with Crippen LogP contribution >= 0.6 is 0 Å². The molecule has 1 aliphatic rings. The molecule has 1 atom stereocenters. The van der Waals surface area contributed by atoms with Crippen molar-refractivity contribution >= 4 is 16.2 Å². The van der Waals surface area contributed by atoms with E-state index in [9.17, 15) is 9.90 Å². The monoisotopic (exact) mass is 173 g/mol. The predicted molar refractivity (Wildman–Crippen MR) is 42.8 cm³/mol. The molecule has 1 fully saturated rings. The van der Waals surface area contributed by atoms with Gasteiger partial charge in [-0.3, -0.25) is 0 Å². The molecule has 1 heterocycles. The molecule has 1 unspecified atom stereocenters. The van der Waals surface area contributed by atoms with E-state index < -0.39 is 5.97 Å². The van der Waals surface area contributed by atoms with Gasteiger partial charge in [-0.2, -0.15) is 0 Å². The zero-order valence-corrected chi connectivity index (χ0v) is 8.76. The third kappa shape index (κ3) is 2.63. The van der Waals surface area contributed by atoms with Crippen LogP contribution in [-0.2, 0) is 14.6 Å². The highest BCUT2D eigenvalue weighted by atomic mass is 28.1. The average Bonchev–Trinajstić information content (AvgIpc) is 1.85. The summed E-state index contributed by atoms with van der Waals surface area (Å²) in [6.45, 7) is 0.719. The van der Waals surface area contributed by atoms with Crippen LogP contribution in [0.5, 0.6) is 0 Å². The molecule has 0 aromatic heterocycles. The second kappa shape index (κ2) is 3.36. The lowest BCUT2D eigenvalue weighted by Crippen LogP contribution is -2.38. The van der Waals surface area contributed by atoms with Crippen molar-refractivity contribution in [3.63, 3.8) is 0 Å². The molecule has 11 heavy (non-hydrogen) atoms. The van der Waals surface area contributed by atoms with Gasteiger partial charge in [-0.25, -0.2) is 9.90 Å². The van der Waals surface area contributed by atoms with Crippen LogP contribution in [0.25, 0.3) is 0 Å². The van der Waals surface area contributed by atoms with E-state index in [2.05, 4.69) is 0 Å². The standard InChI is InChI=1S/C7H13O3Si/c8-6(9)5-7(11)3-1-2-4-10-7/h1-5H2,11H3. The Labute approximate surface area is 69.2 Å². The fourth-order valence-corrected chi connectivity index (χ4v) is 2.28. The van der Waals surface area contributed by atoms with Gasteiger partial charge < -0.3 is 4.74 Å². The van der Waals surface area contributed by atoms with E-state index >= 15 is 0 Å². The first-order valence-corrected chi connectivity index (χ1v) is 4.96. The van der Waals surface area contributed by atoms with Crippen molar-refractivity contribution in [3.05, 3.63) is 0 Å². The fraction of sp³-hybridized carbons (Fsp3) is 0.857. The van der Waals surface area contributed by atoms with Crippen molar-refractivity contribution < 1.29 is 14.6 Å². The first-order chi connectivity index (χ1) is 5.12. The van der Waals surface area contributed by atoms with Crippen LogP contribution < -0.4 is 0 Å². The number of hydrogen-bond acceptors (Lipinski definition) is 2. The van der Waals surface area contributed by atoms with Gasteiger partial charge in [0.15, 0.2) is 0 Å². The van der Waals surface area contributed by atoms with Crippen molar-refractivity contribution in [2.45, 2.75) is 30.9 Å². The summed E-state index contributed by atoms with van der Waals surface area (Å²) in [6.07, 6.45) is 3.14. The summed E-state index contributed by atoms with van der Waals surface area (Å²) in [5.74, 6) is -0.984. The van der Waals surface area contributed by atoms with Gasteiger partial charge >= 0.3 is 5.97 Å². The van der Waals surface area contributed by atoms with Crippen LogP contribution in [0.4, 0.5) is 0 Å². The Balaban J connectivity index is 2.43. The van der Waals surface area contributed by atoms with Gasteiger partial charge in [-0.1, -0.05) is 0 Å². The smallest absolute Gasteiger partial charge is 0.358 e. The van der Waals surface area contributed by atoms with Crippen LogP contribution in [0.15, 0.2) is 0 Å². The Kier molecular flexibility index (Phi) is 2.67. The first kappa shape index (κ1) is 8.74. The Morgan fingerprint density at radius 1 is 1.55 bits per heavy atom. The molecule has 0 amide bonds. The number of carbonyl (C=O) groups excluding carboxylic acids is 1. The van der Waals surface area contributed by atoms with Gasteiger partial charge in [0.05, 0.1) is 11.6 Å². The highest BCUT2D eigenvalue weighted by molar-refractivity contribution is 6.15. The van der Waals surface area contributed by atoms with Gasteiger partial charge in [0.1, 0.15) is 0 Å². The summed E-state index contributed by atoms with van der Waals surface area (Å²) in [4.78, 5) is 10.3. The molecule has 1 rings (SSSR count). The molecule has 0 aromatic rings. The Morgan fingerprint density at radius 2 is 2.27 bits per heavy atom.